The first kappa shape index (κ1) is 33.1. The number of carbonyl (C=O) groups excluding carboxylic acids is 3. The zero-order chi connectivity index (χ0) is 33.5. The van der Waals surface area contributed by atoms with E-state index in [-0.39, 0.29) is 37.1 Å². The molecule has 10 nitrogen and oxygen atoms in total. The van der Waals surface area contributed by atoms with Crippen molar-refractivity contribution < 1.29 is 42.8 Å². The predicted molar refractivity (Wildman–Crippen MR) is 174 cm³/mol. The number of hydrogen-bond acceptors (Lipinski definition) is 10. The van der Waals surface area contributed by atoms with Gasteiger partial charge in [0.15, 0.2) is 28.8 Å². The van der Waals surface area contributed by atoms with E-state index in [4.69, 9.17) is 28.4 Å². The van der Waals surface area contributed by atoms with Crippen molar-refractivity contribution >= 4 is 17.7 Å². The summed E-state index contributed by atoms with van der Waals surface area (Å²) in [4.78, 5) is 39.7. The molecule has 1 N–H and O–H groups in total. The number of nitrogens with one attached hydrogen (secondary N) is 1. The zero-order valence-corrected chi connectivity index (χ0v) is 27.2. The minimum atomic E-state index is -0.752. The van der Waals surface area contributed by atoms with Gasteiger partial charge in [0.2, 0.25) is 0 Å². The van der Waals surface area contributed by atoms with Gasteiger partial charge in [-0.2, -0.15) is 0 Å². The summed E-state index contributed by atoms with van der Waals surface area (Å²) in [5, 5.41) is 3.37. The van der Waals surface area contributed by atoms with Crippen molar-refractivity contribution in [2.75, 3.05) is 34.0 Å². The standard InChI is InChI=1S/C37H39NO9/c1-6-44-33-21-25(13-15-31(33)47-23(3)39)35-34(37(41)46-17-16-45-27-10-8-7-9-11-27)22(2)38-28-18-26(19-29(40)36(28)35)24-12-14-30(42-4)32(20-24)43-5/h7-15,20-21,26,35,38H,6,16-19H2,1-5H3/t26-,35-/m0/s1. The smallest absolute Gasteiger partial charge is 0.336 e. The van der Waals surface area contributed by atoms with Crippen LogP contribution < -0.4 is 29.0 Å². The van der Waals surface area contributed by atoms with E-state index in [0.29, 0.717) is 58.4 Å². The van der Waals surface area contributed by atoms with E-state index in [1.807, 2.05) is 55.5 Å². The highest BCUT2D eigenvalue weighted by atomic mass is 16.6. The average molecular weight is 642 g/mol. The summed E-state index contributed by atoms with van der Waals surface area (Å²) in [6.07, 6.45) is 0.754. The summed E-state index contributed by atoms with van der Waals surface area (Å²) in [5.74, 6) is 0.385. The van der Waals surface area contributed by atoms with Gasteiger partial charge in [-0.15, -0.1) is 0 Å². The van der Waals surface area contributed by atoms with E-state index in [1.54, 1.807) is 39.3 Å². The lowest BCUT2D eigenvalue weighted by Gasteiger charge is -2.37. The van der Waals surface area contributed by atoms with E-state index in [9.17, 15) is 14.4 Å². The molecule has 47 heavy (non-hydrogen) atoms. The van der Waals surface area contributed by atoms with Crippen LogP contribution in [-0.4, -0.2) is 51.8 Å². The van der Waals surface area contributed by atoms with Crippen LogP contribution >= 0.6 is 0 Å². The van der Waals surface area contributed by atoms with Gasteiger partial charge in [-0.25, -0.2) is 4.79 Å². The van der Waals surface area contributed by atoms with E-state index in [1.165, 1.54) is 6.92 Å². The lowest BCUT2D eigenvalue weighted by Crippen LogP contribution is -2.36. The second-order valence-corrected chi connectivity index (χ2v) is 11.2. The molecule has 0 unspecified atom stereocenters. The molecule has 0 aromatic heterocycles. The van der Waals surface area contributed by atoms with Crippen LogP contribution in [0.5, 0.6) is 28.7 Å². The summed E-state index contributed by atoms with van der Waals surface area (Å²) < 4.78 is 33.5. The molecule has 0 amide bonds. The van der Waals surface area contributed by atoms with Crippen molar-refractivity contribution in [1.82, 2.24) is 5.32 Å². The van der Waals surface area contributed by atoms with Crippen molar-refractivity contribution in [1.29, 1.82) is 0 Å². The Morgan fingerprint density at radius 3 is 2.23 bits per heavy atom. The molecule has 10 heteroatoms. The van der Waals surface area contributed by atoms with E-state index in [0.717, 1.165) is 11.3 Å². The van der Waals surface area contributed by atoms with Gasteiger partial charge in [0.05, 0.1) is 26.4 Å². The fourth-order valence-corrected chi connectivity index (χ4v) is 6.09. The molecule has 0 fully saturated rings. The number of para-hydroxylation sites is 1. The Balaban J connectivity index is 1.50. The number of carbonyl (C=O) groups is 3. The first-order valence-electron chi connectivity index (χ1n) is 15.5. The topological polar surface area (TPSA) is 119 Å². The number of Topliss-reactive ketones (excluding diaryl/α,β-unsaturated/α-hetero) is 1. The number of esters is 2. The fraction of sp³-hybridized carbons (Fsp3) is 0.324. The second kappa shape index (κ2) is 14.9. The molecule has 5 rings (SSSR count). The highest BCUT2D eigenvalue weighted by molar-refractivity contribution is 6.04. The van der Waals surface area contributed by atoms with Gasteiger partial charge in [-0.3, -0.25) is 9.59 Å². The highest BCUT2D eigenvalue weighted by Crippen LogP contribution is 2.47. The fourth-order valence-electron chi connectivity index (χ4n) is 6.09. The van der Waals surface area contributed by atoms with Crippen molar-refractivity contribution in [2.45, 2.75) is 45.4 Å². The molecular formula is C37H39NO9. The summed E-state index contributed by atoms with van der Waals surface area (Å²) in [6, 6.07) is 20.0. The average Bonchev–Trinajstić information content (AvgIpc) is 3.06. The van der Waals surface area contributed by atoms with Crippen molar-refractivity contribution in [2.24, 2.45) is 0 Å². The number of benzene rings is 3. The van der Waals surface area contributed by atoms with Crippen LogP contribution in [0.2, 0.25) is 0 Å². The third-order valence-electron chi connectivity index (χ3n) is 8.11. The van der Waals surface area contributed by atoms with Crippen LogP contribution in [0.4, 0.5) is 0 Å². The number of ether oxygens (including phenoxy) is 6. The number of dihydropyridines is 1. The van der Waals surface area contributed by atoms with Crippen LogP contribution in [0.15, 0.2) is 89.3 Å². The van der Waals surface area contributed by atoms with Crippen LogP contribution in [0, 0.1) is 0 Å². The largest absolute Gasteiger partial charge is 0.493 e. The Morgan fingerprint density at radius 2 is 1.53 bits per heavy atom. The highest BCUT2D eigenvalue weighted by Gasteiger charge is 2.42. The van der Waals surface area contributed by atoms with Gasteiger partial charge in [-0.05, 0) is 73.7 Å². The Hall–Kier alpha value is -5.25. The van der Waals surface area contributed by atoms with Crippen LogP contribution in [-0.2, 0) is 19.1 Å². The molecule has 1 aliphatic carbocycles. The molecule has 0 bridgehead atoms. The molecule has 0 saturated carbocycles. The maximum absolute atomic E-state index is 14.1. The minimum absolute atomic E-state index is 0.00798. The van der Waals surface area contributed by atoms with E-state index < -0.39 is 17.9 Å². The van der Waals surface area contributed by atoms with Crippen LogP contribution in [0.25, 0.3) is 0 Å². The van der Waals surface area contributed by atoms with Gasteiger partial charge in [-0.1, -0.05) is 30.3 Å². The Bertz CT molecular complexity index is 1710. The van der Waals surface area contributed by atoms with Crippen molar-refractivity contribution in [3.8, 4) is 28.7 Å². The second-order valence-electron chi connectivity index (χ2n) is 11.2. The first-order chi connectivity index (χ1) is 22.7. The molecule has 3 aromatic rings. The number of rotatable bonds is 12. The van der Waals surface area contributed by atoms with E-state index >= 15 is 0 Å². The number of methoxy groups -OCH3 is 2. The van der Waals surface area contributed by atoms with Gasteiger partial charge in [0.25, 0.3) is 0 Å². The molecule has 0 saturated heterocycles. The lowest BCUT2D eigenvalue weighted by molar-refractivity contribution is -0.140. The molecule has 2 atom stereocenters. The van der Waals surface area contributed by atoms with Gasteiger partial charge < -0.3 is 33.7 Å². The Kier molecular flexibility index (Phi) is 10.5. The van der Waals surface area contributed by atoms with Gasteiger partial charge >= 0.3 is 11.9 Å². The monoisotopic (exact) mass is 641 g/mol. The number of ketones is 1. The summed E-state index contributed by atoms with van der Waals surface area (Å²) >= 11 is 0. The summed E-state index contributed by atoms with van der Waals surface area (Å²) in [7, 11) is 3.15. The molecule has 2 aliphatic rings. The normalized spacial score (nSPS) is 17.3. The number of hydrogen-bond donors (Lipinski definition) is 1. The summed E-state index contributed by atoms with van der Waals surface area (Å²) in [5.41, 5.74) is 3.67. The van der Waals surface area contributed by atoms with Crippen LogP contribution in [0.1, 0.15) is 56.6 Å². The predicted octanol–water partition coefficient (Wildman–Crippen LogP) is 6.01. The zero-order valence-electron chi connectivity index (χ0n) is 27.2. The Morgan fingerprint density at radius 1 is 0.830 bits per heavy atom. The molecule has 246 valence electrons. The van der Waals surface area contributed by atoms with E-state index in [2.05, 4.69) is 5.32 Å². The van der Waals surface area contributed by atoms with Crippen molar-refractivity contribution in [3.05, 3.63) is 100 Å². The molecule has 1 heterocycles. The van der Waals surface area contributed by atoms with Crippen molar-refractivity contribution in [3.63, 3.8) is 0 Å². The van der Waals surface area contributed by atoms with Gasteiger partial charge in [0.1, 0.15) is 19.0 Å². The molecule has 3 aromatic carbocycles. The molecular weight excluding hydrogens is 602 g/mol. The lowest BCUT2D eigenvalue weighted by atomic mass is 9.71. The maximum atomic E-state index is 14.1. The van der Waals surface area contributed by atoms with Gasteiger partial charge in [0, 0.05) is 36.2 Å². The van der Waals surface area contributed by atoms with Crippen LogP contribution in [0.3, 0.4) is 0 Å². The minimum Gasteiger partial charge on any atom is -0.493 e. The maximum Gasteiger partial charge on any atom is 0.336 e. The summed E-state index contributed by atoms with van der Waals surface area (Å²) in [6.45, 7) is 5.41. The molecule has 0 spiro atoms. The molecule has 0 radical (unpaired) electrons. The first-order valence-corrected chi connectivity index (χ1v) is 15.5. The quantitative estimate of drug-likeness (QED) is 0.143. The third kappa shape index (κ3) is 7.43. The third-order valence-corrected chi connectivity index (χ3v) is 8.11. The Labute approximate surface area is 274 Å². The number of allylic oxidation sites excluding steroid dienone is 3. The SMILES string of the molecule is CCOc1cc([C@H]2C(C(=O)OCCOc3ccccc3)=C(C)NC3=C2C(=O)C[C@@H](c2ccc(OC)c(OC)c2)C3)ccc1OC(C)=O. The molecule has 1 aliphatic heterocycles.